The molecule has 0 aromatic carbocycles. The second kappa shape index (κ2) is 3.16. The Morgan fingerprint density at radius 1 is 1.42 bits per heavy atom. The van der Waals surface area contributed by atoms with Crippen LogP contribution in [0.5, 0.6) is 0 Å². The fraction of sp³-hybridized carbons (Fsp3) is 0. The van der Waals surface area contributed by atoms with Gasteiger partial charge in [-0.15, -0.1) is 0 Å². The molecule has 0 atom stereocenters. The molecule has 66 valence electrons. The van der Waals surface area contributed by atoms with Crippen LogP contribution in [0.2, 0.25) is 5.02 Å². The smallest absolute Gasteiger partial charge is 0.205 e. The minimum Gasteiger partial charge on any atom is -0.205 e. The van der Waals surface area contributed by atoms with Gasteiger partial charge >= 0.3 is 0 Å². The first-order valence-corrected chi connectivity index (χ1v) is 5.36. The van der Waals surface area contributed by atoms with Gasteiger partial charge in [0.15, 0.2) is 5.03 Å². The highest BCUT2D eigenvalue weighted by molar-refractivity contribution is 8.13. The van der Waals surface area contributed by atoms with Gasteiger partial charge in [0, 0.05) is 10.7 Å². The summed E-state index contributed by atoms with van der Waals surface area (Å²) < 4.78 is 33.7. The van der Waals surface area contributed by atoms with Crippen molar-refractivity contribution in [1.82, 2.24) is 4.98 Å². The number of halogens is 3. The molecule has 7 heteroatoms. The molecule has 0 radical (unpaired) electrons. The zero-order valence-electron chi connectivity index (χ0n) is 5.46. The van der Waals surface area contributed by atoms with Crippen LogP contribution in [0, 0.1) is 5.95 Å². The van der Waals surface area contributed by atoms with E-state index in [2.05, 4.69) is 4.98 Å². The Bertz CT molecular complexity index is 406. The van der Waals surface area contributed by atoms with E-state index in [1.807, 2.05) is 0 Å². The first-order chi connectivity index (χ1) is 5.41. The van der Waals surface area contributed by atoms with Gasteiger partial charge in [-0.1, -0.05) is 11.6 Å². The van der Waals surface area contributed by atoms with E-state index in [1.54, 1.807) is 0 Å². The van der Waals surface area contributed by atoms with Gasteiger partial charge in [0.2, 0.25) is 5.95 Å². The second-order valence-corrected chi connectivity index (χ2v) is 4.78. The lowest BCUT2D eigenvalue weighted by Gasteiger charge is -1.95. The third-order valence-corrected chi connectivity index (χ3v) is 2.51. The van der Waals surface area contributed by atoms with E-state index in [4.69, 9.17) is 22.3 Å². The lowest BCUT2D eigenvalue weighted by atomic mass is 10.5. The van der Waals surface area contributed by atoms with Crippen LogP contribution >= 0.6 is 22.3 Å². The topological polar surface area (TPSA) is 47.0 Å². The van der Waals surface area contributed by atoms with E-state index in [0.717, 1.165) is 12.1 Å². The molecule has 0 aliphatic heterocycles. The third-order valence-electron chi connectivity index (χ3n) is 1.03. The summed E-state index contributed by atoms with van der Waals surface area (Å²) in [5.74, 6) is -1.06. The summed E-state index contributed by atoms with van der Waals surface area (Å²) in [5, 5.41) is -0.801. The molecule has 3 nitrogen and oxygen atoms in total. The summed E-state index contributed by atoms with van der Waals surface area (Å²) in [6, 6.07) is 2.09. The van der Waals surface area contributed by atoms with Crippen LogP contribution in [0.15, 0.2) is 17.2 Å². The molecule has 1 aromatic rings. The van der Waals surface area contributed by atoms with E-state index >= 15 is 0 Å². The summed E-state index contributed by atoms with van der Waals surface area (Å²) in [6.07, 6.45) is 0. The average Bonchev–Trinajstić information content (AvgIpc) is 1.92. The van der Waals surface area contributed by atoms with Gasteiger partial charge in [-0.2, -0.15) is 4.39 Å². The highest BCUT2D eigenvalue weighted by Crippen LogP contribution is 2.17. The zero-order chi connectivity index (χ0) is 9.35. The molecular weight excluding hydrogens is 228 g/mol. The average molecular weight is 230 g/mol. The quantitative estimate of drug-likeness (QED) is 0.545. The molecule has 1 aromatic heterocycles. The maximum atomic E-state index is 12.5. The van der Waals surface area contributed by atoms with E-state index < -0.39 is 20.0 Å². The molecule has 0 aliphatic carbocycles. The summed E-state index contributed by atoms with van der Waals surface area (Å²) in [6.45, 7) is 0. The van der Waals surface area contributed by atoms with Gasteiger partial charge < -0.3 is 0 Å². The minimum absolute atomic E-state index is 0.251. The molecular formula is C5H2Cl2FNO2S. The zero-order valence-corrected chi connectivity index (χ0v) is 7.79. The number of rotatable bonds is 1. The van der Waals surface area contributed by atoms with Crippen molar-refractivity contribution < 1.29 is 12.8 Å². The van der Waals surface area contributed by atoms with Crippen LogP contribution in [0.3, 0.4) is 0 Å². The Morgan fingerprint density at radius 3 is 2.42 bits per heavy atom. The van der Waals surface area contributed by atoms with Crippen LogP contribution in [0.4, 0.5) is 4.39 Å². The molecule has 1 rings (SSSR count). The highest BCUT2D eigenvalue weighted by atomic mass is 35.7. The molecule has 0 saturated carbocycles. The summed E-state index contributed by atoms with van der Waals surface area (Å²) in [4.78, 5) is 3.03. The molecule has 0 spiro atoms. The van der Waals surface area contributed by atoms with Crippen LogP contribution < -0.4 is 0 Å². The van der Waals surface area contributed by atoms with Crippen molar-refractivity contribution in [1.29, 1.82) is 0 Å². The van der Waals surface area contributed by atoms with Gasteiger partial charge in [-0.05, 0) is 12.1 Å². The third kappa shape index (κ3) is 2.06. The van der Waals surface area contributed by atoms with Crippen molar-refractivity contribution in [2.45, 2.75) is 5.03 Å². The summed E-state index contributed by atoms with van der Waals surface area (Å²) in [7, 11) is 0.903. The Kier molecular flexibility index (Phi) is 2.55. The largest absolute Gasteiger partial charge is 0.278 e. The standard InChI is InChI=1S/C5H2Cl2FNO2S/c6-3-1-2-4(9-5(3)8)12(7,10)11/h1-2H. The Morgan fingerprint density at radius 2 is 2.00 bits per heavy atom. The van der Waals surface area contributed by atoms with Gasteiger partial charge in [0.25, 0.3) is 9.05 Å². The van der Waals surface area contributed by atoms with Gasteiger partial charge in [0.05, 0.1) is 5.02 Å². The molecule has 1 heterocycles. The first-order valence-electron chi connectivity index (χ1n) is 2.68. The van der Waals surface area contributed by atoms with Crippen LogP contribution in [-0.2, 0) is 9.05 Å². The monoisotopic (exact) mass is 229 g/mol. The molecule has 0 bridgehead atoms. The predicted octanol–water partition coefficient (Wildman–Crippen LogP) is 1.80. The van der Waals surface area contributed by atoms with Crippen molar-refractivity contribution in [2.24, 2.45) is 0 Å². The molecule has 0 N–H and O–H groups in total. The van der Waals surface area contributed by atoms with Gasteiger partial charge in [0.1, 0.15) is 0 Å². The summed E-state index contributed by atoms with van der Waals surface area (Å²) in [5.41, 5.74) is 0. The van der Waals surface area contributed by atoms with Crippen molar-refractivity contribution in [3.05, 3.63) is 23.1 Å². The highest BCUT2D eigenvalue weighted by Gasteiger charge is 2.13. The number of pyridine rings is 1. The fourth-order valence-electron chi connectivity index (χ4n) is 0.536. The van der Waals surface area contributed by atoms with Gasteiger partial charge in [-0.25, -0.2) is 13.4 Å². The number of aromatic nitrogens is 1. The lowest BCUT2D eigenvalue weighted by molar-refractivity contribution is 0.562. The Hall–Kier alpha value is -0.390. The first kappa shape index (κ1) is 9.70. The maximum absolute atomic E-state index is 12.5. The number of hydrogen-bond donors (Lipinski definition) is 0. The summed E-state index contributed by atoms with van der Waals surface area (Å²) >= 11 is 5.26. The van der Waals surface area contributed by atoms with E-state index in [1.165, 1.54) is 0 Å². The molecule has 0 aliphatic rings. The van der Waals surface area contributed by atoms with Crippen LogP contribution in [-0.4, -0.2) is 13.4 Å². The molecule has 0 amide bonds. The van der Waals surface area contributed by atoms with Crippen molar-refractivity contribution in [3.63, 3.8) is 0 Å². The fourth-order valence-corrected chi connectivity index (χ4v) is 1.32. The molecule has 0 unspecified atom stereocenters. The Balaban J connectivity index is 3.33. The van der Waals surface area contributed by atoms with E-state index in [0.29, 0.717) is 0 Å². The normalized spacial score (nSPS) is 11.6. The van der Waals surface area contributed by atoms with Crippen molar-refractivity contribution >= 4 is 31.3 Å². The SMILES string of the molecule is O=S(=O)(Cl)c1ccc(Cl)c(F)n1. The molecule has 12 heavy (non-hydrogen) atoms. The maximum Gasteiger partial charge on any atom is 0.278 e. The van der Waals surface area contributed by atoms with Crippen LogP contribution in [0.25, 0.3) is 0 Å². The van der Waals surface area contributed by atoms with Gasteiger partial charge in [-0.3, -0.25) is 0 Å². The van der Waals surface area contributed by atoms with E-state index in [-0.39, 0.29) is 5.02 Å². The van der Waals surface area contributed by atoms with E-state index in [9.17, 15) is 12.8 Å². The molecule has 0 fully saturated rings. The number of nitrogens with zero attached hydrogens (tertiary/aromatic N) is 1. The number of hydrogen-bond acceptors (Lipinski definition) is 3. The second-order valence-electron chi connectivity index (χ2n) is 1.86. The van der Waals surface area contributed by atoms with Crippen molar-refractivity contribution in [2.75, 3.05) is 0 Å². The Labute approximate surface area is 77.6 Å². The predicted molar refractivity (Wildman–Crippen MR) is 42.2 cm³/mol. The van der Waals surface area contributed by atoms with Crippen molar-refractivity contribution in [3.8, 4) is 0 Å². The van der Waals surface area contributed by atoms with Crippen LogP contribution in [0.1, 0.15) is 0 Å². The lowest BCUT2D eigenvalue weighted by Crippen LogP contribution is -1.96. The minimum atomic E-state index is -3.98. The molecule has 0 saturated heterocycles.